The number of morpholine rings is 1. The molecular formula is C19H28N2O6S. The minimum atomic E-state index is -3.52. The zero-order chi connectivity index (χ0) is 20.6. The Labute approximate surface area is 166 Å². The van der Waals surface area contributed by atoms with Gasteiger partial charge in [0.1, 0.15) is 0 Å². The van der Waals surface area contributed by atoms with E-state index in [2.05, 4.69) is 0 Å². The van der Waals surface area contributed by atoms with Crippen LogP contribution in [-0.2, 0) is 35.5 Å². The van der Waals surface area contributed by atoms with Crippen LogP contribution in [0.15, 0.2) is 29.2 Å². The average Bonchev–Trinajstić information content (AvgIpc) is 2.72. The van der Waals surface area contributed by atoms with Crippen LogP contribution in [0.25, 0.3) is 0 Å². The normalized spacial score (nSPS) is 15.2. The number of ether oxygens (including phenoxy) is 2. The number of aryl methyl sites for hydroxylation is 1. The predicted octanol–water partition coefficient (Wildman–Crippen LogP) is 1.05. The van der Waals surface area contributed by atoms with Crippen molar-refractivity contribution in [2.75, 3.05) is 46.0 Å². The molecule has 156 valence electrons. The van der Waals surface area contributed by atoms with Gasteiger partial charge in [-0.15, -0.1) is 0 Å². The van der Waals surface area contributed by atoms with Crippen LogP contribution in [0.5, 0.6) is 0 Å². The van der Waals surface area contributed by atoms with E-state index in [9.17, 15) is 18.0 Å². The molecule has 2 rings (SSSR count). The molecule has 0 bridgehead atoms. The van der Waals surface area contributed by atoms with Crippen LogP contribution < -0.4 is 0 Å². The lowest BCUT2D eigenvalue weighted by Crippen LogP contribution is -2.40. The molecule has 1 aromatic carbocycles. The summed E-state index contributed by atoms with van der Waals surface area (Å²) < 4.78 is 36.8. The first-order chi connectivity index (χ1) is 13.4. The summed E-state index contributed by atoms with van der Waals surface area (Å²) in [7, 11) is -3.52. The molecule has 1 heterocycles. The van der Waals surface area contributed by atoms with E-state index >= 15 is 0 Å². The first kappa shape index (κ1) is 22.3. The third kappa shape index (κ3) is 6.02. The van der Waals surface area contributed by atoms with Crippen LogP contribution in [0, 0.1) is 0 Å². The van der Waals surface area contributed by atoms with E-state index in [-0.39, 0.29) is 23.8 Å². The fourth-order valence-corrected chi connectivity index (χ4v) is 4.30. The quantitative estimate of drug-likeness (QED) is 0.563. The molecule has 1 amide bonds. The van der Waals surface area contributed by atoms with Crippen LogP contribution in [-0.4, -0.2) is 75.5 Å². The third-order valence-corrected chi connectivity index (χ3v) is 6.53. The topological polar surface area (TPSA) is 93.2 Å². The Morgan fingerprint density at radius 2 is 1.71 bits per heavy atom. The summed E-state index contributed by atoms with van der Waals surface area (Å²) in [5.74, 6) is -0.665. The van der Waals surface area contributed by atoms with Gasteiger partial charge in [0.05, 0.1) is 18.1 Å². The molecule has 0 saturated carbocycles. The van der Waals surface area contributed by atoms with Crippen LogP contribution in [0.4, 0.5) is 0 Å². The SMILES string of the molecule is CCN(CC)C(=O)COC(=O)CCc1ccc(S(=O)(=O)N2CCOCC2)cc1. The van der Waals surface area contributed by atoms with Gasteiger partial charge in [0.2, 0.25) is 10.0 Å². The number of rotatable bonds is 9. The van der Waals surface area contributed by atoms with Gasteiger partial charge in [-0.25, -0.2) is 8.42 Å². The van der Waals surface area contributed by atoms with E-state index in [1.807, 2.05) is 13.8 Å². The van der Waals surface area contributed by atoms with Crippen molar-refractivity contribution in [3.05, 3.63) is 29.8 Å². The molecule has 0 spiro atoms. The first-order valence-corrected chi connectivity index (χ1v) is 10.9. The van der Waals surface area contributed by atoms with Gasteiger partial charge in [-0.05, 0) is 38.0 Å². The molecule has 0 aliphatic carbocycles. The second kappa shape index (κ2) is 10.5. The van der Waals surface area contributed by atoms with E-state index in [0.717, 1.165) is 5.56 Å². The molecule has 9 heteroatoms. The maximum absolute atomic E-state index is 12.6. The number of hydrogen-bond donors (Lipinski definition) is 0. The third-order valence-electron chi connectivity index (χ3n) is 4.62. The standard InChI is InChI=1S/C19H28N2O6S/c1-3-20(4-2)18(22)15-27-19(23)10-7-16-5-8-17(9-6-16)28(24,25)21-11-13-26-14-12-21/h5-6,8-9H,3-4,7,10-15H2,1-2H3. The smallest absolute Gasteiger partial charge is 0.306 e. The molecule has 0 unspecified atom stereocenters. The summed E-state index contributed by atoms with van der Waals surface area (Å²) in [6.07, 6.45) is 0.539. The molecule has 8 nitrogen and oxygen atoms in total. The number of likely N-dealkylation sites (N-methyl/N-ethyl adjacent to an activating group) is 1. The Balaban J connectivity index is 1.84. The van der Waals surface area contributed by atoms with Crippen molar-refractivity contribution in [3.63, 3.8) is 0 Å². The fraction of sp³-hybridized carbons (Fsp3) is 0.579. The van der Waals surface area contributed by atoms with Gasteiger partial charge in [0.25, 0.3) is 5.91 Å². The Morgan fingerprint density at radius 3 is 2.29 bits per heavy atom. The Hall–Kier alpha value is -1.97. The lowest BCUT2D eigenvalue weighted by molar-refractivity contribution is -0.151. The van der Waals surface area contributed by atoms with Crippen molar-refractivity contribution in [1.29, 1.82) is 0 Å². The van der Waals surface area contributed by atoms with Gasteiger partial charge < -0.3 is 14.4 Å². The molecule has 0 aromatic heterocycles. The van der Waals surface area contributed by atoms with Gasteiger partial charge in [-0.2, -0.15) is 4.31 Å². The van der Waals surface area contributed by atoms with Crippen molar-refractivity contribution in [3.8, 4) is 0 Å². The summed E-state index contributed by atoms with van der Waals surface area (Å²) in [6, 6.07) is 6.49. The number of nitrogens with zero attached hydrogens (tertiary/aromatic N) is 2. The summed E-state index contributed by atoms with van der Waals surface area (Å²) >= 11 is 0. The highest BCUT2D eigenvalue weighted by Gasteiger charge is 2.26. The molecule has 1 aliphatic rings. The summed E-state index contributed by atoms with van der Waals surface area (Å²) in [5, 5.41) is 0. The summed E-state index contributed by atoms with van der Waals surface area (Å²) in [5.41, 5.74) is 0.827. The van der Waals surface area contributed by atoms with Crippen molar-refractivity contribution >= 4 is 21.9 Å². The van der Waals surface area contributed by atoms with Gasteiger partial charge >= 0.3 is 5.97 Å². The maximum atomic E-state index is 12.6. The second-order valence-electron chi connectivity index (χ2n) is 6.39. The molecule has 1 fully saturated rings. The fourth-order valence-electron chi connectivity index (χ4n) is 2.89. The monoisotopic (exact) mass is 412 g/mol. The van der Waals surface area contributed by atoms with E-state index in [1.54, 1.807) is 29.2 Å². The van der Waals surface area contributed by atoms with Crippen LogP contribution in [0.1, 0.15) is 25.8 Å². The van der Waals surface area contributed by atoms with E-state index in [0.29, 0.717) is 45.8 Å². The number of esters is 1. The van der Waals surface area contributed by atoms with Gasteiger partial charge in [-0.1, -0.05) is 12.1 Å². The molecule has 1 aliphatic heterocycles. The first-order valence-electron chi connectivity index (χ1n) is 9.48. The zero-order valence-corrected chi connectivity index (χ0v) is 17.2. The lowest BCUT2D eigenvalue weighted by atomic mass is 10.1. The van der Waals surface area contributed by atoms with Gasteiger partial charge in [0, 0.05) is 32.6 Å². The highest BCUT2D eigenvalue weighted by Crippen LogP contribution is 2.18. The van der Waals surface area contributed by atoms with Crippen molar-refractivity contribution in [2.45, 2.75) is 31.6 Å². The predicted molar refractivity (Wildman–Crippen MR) is 103 cm³/mol. The summed E-state index contributed by atoms with van der Waals surface area (Å²) in [6.45, 7) is 6.13. The van der Waals surface area contributed by atoms with Crippen molar-refractivity contribution in [1.82, 2.24) is 9.21 Å². The molecule has 1 saturated heterocycles. The molecular weight excluding hydrogens is 384 g/mol. The zero-order valence-electron chi connectivity index (χ0n) is 16.4. The van der Waals surface area contributed by atoms with E-state index < -0.39 is 16.0 Å². The maximum Gasteiger partial charge on any atom is 0.306 e. The van der Waals surface area contributed by atoms with Crippen molar-refractivity contribution < 1.29 is 27.5 Å². The number of carbonyl (C=O) groups excluding carboxylic acids is 2. The Morgan fingerprint density at radius 1 is 1.11 bits per heavy atom. The van der Waals surface area contributed by atoms with Crippen LogP contribution in [0.2, 0.25) is 0 Å². The largest absolute Gasteiger partial charge is 0.456 e. The summed E-state index contributed by atoms with van der Waals surface area (Å²) in [4.78, 5) is 25.5. The average molecular weight is 413 g/mol. The molecule has 0 radical (unpaired) electrons. The molecule has 0 atom stereocenters. The van der Waals surface area contributed by atoms with Crippen molar-refractivity contribution in [2.24, 2.45) is 0 Å². The van der Waals surface area contributed by atoms with Gasteiger partial charge in [0.15, 0.2) is 6.61 Å². The van der Waals surface area contributed by atoms with E-state index in [1.165, 1.54) is 4.31 Å². The highest BCUT2D eigenvalue weighted by molar-refractivity contribution is 7.89. The highest BCUT2D eigenvalue weighted by atomic mass is 32.2. The number of benzene rings is 1. The minimum absolute atomic E-state index is 0.126. The number of sulfonamides is 1. The van der Waals surface area contributed by atoms with E-state index in [4.69, 9.17) is 9.47 Å². The van der Waals surface area contributed by atoms with Crippen LogP contribution in [0.3, 0.4) is 0 Å². The number of carbonyl (C=O) groups is 2. The minimum Gasteiger partial charge on any atom is -0.456 e. The Bertz CT molecular complexity index is 753. The Kier molecular flexibility index (Phi) is 8.40. The van der Waals surface area contributed by atoms with Gasteiger partial charge in [-0.3, -0.25) is 9.59 Å². The molecule has 0 N–H and O–H groups in total. The number of amides is 1. The lowest BCUT2D eigenvalue weighted by Gasteiger charge is -2.26. The molecule has 1 aromatic rings. The van der Waals surface area contributed by atoms with Crippen LogP contribution >= 0.6 is 0 Å². The second-order valence-corrected chi connectivity index (χ2v) is 8.33. The molecule has 28 heavy (non-hydrogen) atoms. The number of hydrogen-bond acceptors (Lipinski definition) is 6.